The van der Waals surface area contributed by atoms with Crippen LogP contribution in [0.5, 0.6) is 5.75 Å². The van der Waals surface area contributed by atoms with E-state index in [2.05, 4.69) is 4.72 Å². The quantitative estimate of drug-likeness (QED) is 0.854. The lowest BCUT2D eigenvalue weighted by atomic mass is 10.3. The zero-order chi connectivity index (χ0) is 12.5. The van der Waals surface area contributed by atoms with E-state index in [0.717, 1.165) is 12.8 Å². The van der Waals surface area contributed by atoms with Crippen molar-refractivity contribution >= 4 is 21.8 Å². The van der Waals surface area contributed by atoms with Crippen LogP contribution in [-0.4, -0.2) is 31.1 Å². The second-order valence-electron chi connectivity index (χ2n) is 4.21. The molecule has 0 spiro atoms. The molecule has 1 aliphatic carbocycles. The zero-order valence-corrected chi connectivity index (χ0v) is 11.1. The molecule has 2 N–H and O–H groups in total. The highest BCUT2D eigenvalue weighted by molar-refractivity contribution is 8.00. The molecule has 94 valence electrons. The predicted molar refractivity (Wildman–Crippen MR) is 68.8 cm³/mol. The fourth-order valence-corrected chi connectivity index (χ4v) is 3.47. The lowest BCUT2D eigenvalue weighted by molar-refractivity contribution is 0.474. The maximum atomic E-state index is 11.9. The lowest BCUT2D eigenvalue weighted by Gasteiger charge is -2.13. The molecule has 0 bridgehead atoms. The normalized spacial score (nSPS) is 17.9. The highest BCUT2D eigenvalue weighted by Gasteiger charge is 2.42. The molecule has 0 heterocycles. The molecular formula is C11H15NO3S2. The molecule has 0 radical (unpaired) electrons. The topological polar surface area (TPSA) is 66.4 Å². The van der Waals surface area contributed by atoms with E-state index in [4.69, 9.17) is 5.11 Å². The smallest absolute Gasteiger partial charge is 0.240 e. The van der Waals surface area contributed by atoms with Crippen LogP contribution in [0, 0.1) is 0 Å². The summed E-state index contributed by atoms with van der Waals surface area (Å²) in [6, 6.07) is 5.54. The molecular weight excluding hydrogens is 258 g/mol. The number of aromatic hydroxyl groups is 1. The molecule has 0 unspecified atom stereocenters. The average Bonchev–Trinajstić information content (AvgIpc) is 3.08. The van der Waals surface area contributed by atoms with Gasteiger partial charge in [0.2, 0.25) is 10.0 Å². The Morgan fingerprint density at radius 3 is 2.41 bits per heavy atom. The third-order valence-corrected chi connectivity index (χ3v) is 5.81. The van der Waals surface area contributed by atoms with Gasteiger partial charge in [-0.15, -0.1) is 0 Å². The highest BCUT2D eigenvalue weighted by Crippen LogP contribution is 2.46. The Morgan fingerprint density at radius 1 is 1.35 bits per heavy atom. The van der Waals surface area contributed by atoms with E-state index in [9.17, 15) is 8.42 Å². The monoisotopic (exact) mass is 273 g/mol. The Kier molecular flexibility index (Phi) is 3.38. The van der Waals surface area contributed by atoms with Crippen LogP contribution in [0.3, 0.4) is 0 Å². The van der Waals surface area contributed by atoms with Gasteiger partial charge < -0.3 is 5.11 Å². The summed E-state index contributed by atoms with van der Waals surface area (Å²) >= 11 is 1.71. The van der Waals surface area contributed by atoms with Crippen molar-refractivity contribution in [3.63, 3.8) is 0 Å². The van der Waals surface area contributed by atoms with Crippen molar-refractivity contribution in [2.24, 2.45) is 0 Å². The molecule has 6 heteroatoms. The van der Waals surface area contributed by atoms with Crippen molar-refractivity contribution < 1.29 is 13.5 Å². The minimum Gasteiger partial charge on any atom is -0.508 e. The van der Waals surface area contributed by atoms with Gasteiger partial charge in [0.15, 0.2) is 0 Å². The van der Waals surface area contributed by atoms with Crippen molar-refractivity contribution in [3.8, 4) is 5.75 Å². The third-order valence-electron chi connectivity index (χ3n) is 2.97. The summed E-state index contributed by atoms with van der Waals surface area (Å²) in [6.07, 6.45) is 4.13. The van der Waals surface area contributed by atoms with Gasteiger partial charge in [0.1, 0.15) is 5.75 Å². The van der Waals surface area contributed by atoms with E-state index in [0.29, 0.717) is 6.54 Å². The number of phenolic OH excluding ortho intramolecular Hbond substituents is 1. The van der Waals surface area contributed by atoms with Crippen molar-refractivity contribution in [1.29, 1.82) is 0 Å². The summed E-state index contributed by atoms with van der Waals surface area (Å²) in [4.78, 5) is 0.187. The van der Waals surface area contributed by atoms with Crippen molar-refractivity contribution in [2.45, 2.75) is 22.5 Å². The van der Waals surface area contributed by atoms with E-state index < -0.39 is 10.0 Å². The van der Waals surface area contributed by atoms with Gasteiger partial charge in [-0.25, -0.2) is 13.1 Å². The van der Waals surface area contributed by atoms with E-state index in [-0.39, 0.29) is 15.4 Å². The Labute approximate surface area is 105 Å². The molecule has 1 aliphatic rings. The van der Waals surface area contributed by atoms with Crippen molar-refractivity contribution in [2.75, 3.05) is 12.8 Å². The third kappa shape index (κ3) is 2.94. The van der Waals surface area contributed by atoms with Crippen LogP contribution in [0.15, 0.2) is 29.2 Å². The standard InChI is InChI=1S/C11H15NO3S2/c1-16-11(6-7-11)8-12-17(14,15)10-4-2-9(13)3-5-10/h2-5,12-13H,6-8H2,1H3. The van der Waals surface area contributed by atoms with E-state index >= 15 is 0 Å². The van der Waals surface area contributed by atoms with Gasteiger partial charge in [-0.1, -0.05) is 0 Å². The molecule has 2 rings (SSSR count). The summed E-state index contributed by atoms with van der Waals surface area (Å²) < 4.78 is 26.6. The average molecular weight is 273 g/mol. The first-order chi connectivity index (χ1) is 7.97. The number of thioether (sulfide) groups is 1. The summed E-state index contributed by atoms with van der Waals surface area (Å²) in [5.74, 6) is 0.0618. The zero-order valence-electron chi connectivity index (χ0n) is 9.51. The molecule has 1 fully saturated rings. The number of nitrogens with one attached hydrogen (secondary N) is 1. The summed E-state index contributed by atoms with van der Waals surface area (Å²) in [7, 11) is -3.45. The Morgan fingerprint density at radius 2 is 1.94 bits per heavy atom. The Balaban J connectivity index is 2.06. The SMILES string of the molecule is CSC1(CNS(=O)(=O)c2ccc(O)cc2)CC1. The number of benzene rings is 1. The summed E-state index contributed by atoms with van der Waals surface area (Å²) in [6.45, 7) is 0.470. The molecule has 4 nitrogen and oxygen atoms in total. The predicted octanol–water partition coefficient (Wildman–Crippen LogP) is 1.57. The van der Waals surface area contributed by atoms with Gasteiger partial charge in [-0.05, 0) is 43.4 Å². The Bertz CT molecular complexity index is 492. The summed E-state index contributed by atoms with van der Waals surface area (Å²) in [5.41, 5.74) is 0. The summed E-state index contributed by atoms with van der Waals surface area (Å²) in [5, 5.41) is 9.11. The minimum atomic E-state index is -3.45. The van der Waals surface area contributed by atoms with Crippen LogP contribution in [0.25, 0.3) is 0 Å². The Hall–Kier alpha value is -0.720. The molecule has 0 amide bonds. The molecule has 0 saturated heterocycles. The molecule has 0 aromatic heterocycles. The lowest BCUT2D eigenvalue weighted by Crippen LogP contribution is -2.31. The highest BCUT2D eigenvalue weighted by atomic mass is 32.2. The first-order valence-corrected chi connectivity index (χ1v) is 8.02. The van der Waals surface area contributed by atoms with Crippen LogP contribution in [-0.2, 0) is 10.0 Å². The molecule has 0 aliphatic heterocycles. The van der Waals surface area contributed by atoms with Crippen LogP contribution in [0.2, 0.25) is 0 Å². The van der Waals surface area contributed by atoms with Crippen LogP contribution in [0.1, 0.15) is 12.8 Å². The minimum absolute atomic E-state index is 0.0618. The molecule has 1 saturated carbocycles. The second-order valence-corrected chi connectivity index (χ2v) is 7.25. The van der Waals surface area contributed by atoms with E-state index in [1.165, 1.54) is 24.3 Å². The molecule has 1 aromatic carbocycles. The van der Waals surface area contributed by atoms with Crippen molar-refractivity contribution in [1.82, 2.24) is 4.72 Å². The van der Waals surface area contributed by atoms with E-state index in [1.54, 1.807) is 11.8 Å². The number of hydrogen-bond donors (Lipinski definition) is 2. The fourth-order valence-electron chi connectivity index (χ4n) is 1.53. The first-order valence-electron chi connectivity index (χ1n) is 5.31. The molecule has 0 atom stereocenters. The number of hydrogen-bond acceptors (Lipinski definition) is 4. The maximum Gasteiger partial charge on any atom is 0.240 e. The molecule has 17 heavy (non-hydrogen) atoms. The fraction of sp³-hybridized carbons (Fsp3) is 0.455. The van der Waals surface area contributed by atoms with Gasteiger partial charge in [-0.2, -0.15) is 11.8 Å². The second kappa shape index (κ2) is 4.51. The van der Waals surface area contributed by atoms with Gasteiger partial charge >= 0.3 is 0 Å². The van der Waals surface area contributed by atoms with E-state index in [1.807, 2.05) is 6.26 Å². The van der Waals surface area contributed by atoms with Crippen LogP contribution < -0.4 is 4.72 Å². The van der Waals surface area contributed by atoms with Crippen LogP contribution >= 0.6 is 11.8 Å². The van der Waals surface area contributed by atoms with Crippen molar-refractivity contribution in [3.05, 3.63) is 24.3 Å². The maximum absolute atomic E-state index is 11.9. The number of rotatable bonds is 5. The van der Waals surface area contributed by atoms with Gasteiger partial charge in [0, 0.05) is 11.3 Å². The largest absolute Gasteiger partial charge is 0.508 e. The first kappa shape index (κ1) is 12.7. The number of sulfonamides is 1. The van der Waals surface area contributed by atoms with Gasteiger partial charge in [-0.3, -0.25) is 0 Å². The number of phenols is 1. The van der Waals surface area contributed by atoms with Crippen LogP contribution in [0.4, 0.5) is 0 Å². The van der Waals surface area contributed by atoms with Gasteiger partial charge in [0.25, 0.3) is 0 Å². The molecule has 1 aromatic rings. The van der Waals surface area contributed by atoms with Gasteiger partial charge in [0.05, 0.1) is 4.90 Å².